The molecule has 2 N–H and O–H groups in total. The van der Waals surface area contributed by atoms with Crippen molar-refractivity contribution in [2.75, 3.05) is 19.8 Å². The first-order chi connectivity index (χ1) is 9.18. The second kappa shape index (κ2) is 4.64. The highest BCUT2D eigenvalue weighted by Crippen LogP contribution is 2.17. The fourth-order valence-corrected chi connectivity index (χ4v) is 2.19. The molecule has 0 saturated carbocycles. The van der Waals surface area contributed by atoms with Crippen molar-refractivity contribution in [3.63, 3.8) is 0 Å². The number of fused-ring (bicyclic) bond motifs is 1. The number of aromatic nitrogens is 2. The van der Waals surface area contributed by atoms with Gasteiger partial charge < -0.3 is 15.2 Å². The van der Waals surface area contributed by atoms with Gasteiger partial charge in [-0.25, -0.2) is 4.52 Å². The third-order valence-electron chi connectivity index (χ3n) is 3.33. The van der Waals surface area contributed by atoms with Crippen molar-refractivity contribution in [1.82, 2.24) is 14.9 Å². The molecule has 1 aliphatic heterocycles. The van der Waals surface area contributed by atoms with Crippen LogP contribution in [-0.2, 0) is 4.74 Å². The van der Waals surface area contributed by atoms with Crippen LogP contribution in [0.4, 0.5) is 0 Å². The van der Waals surface area contributed by atoms with E-state index in [4.69, 9.17) is 4.74 Å². The van der Waals surface area contributed by atoms with Gasteiger partial charge in [-0.2, -0.15) is 5.10 Å². The van der Waals surface area contributed by atoms with E-state index in [0.29, 0.717) is 18.6 Å². The van der Waals surface area contributed by atoms with Gasteiger partial charge in [0.1, 0.15) is 5.60 Å². The molecule has 1 fully saturated rings. The van der Waals surface area contributed by atoms with E-state index in [0.717, 1.165) is 5.52 Å². The Kier molecular flexibility index (Phi) is 2.96. The van der Waals surface area contributed by atoms with E-state index in [1.165, 1.54) is 6.20 Å². The Morgan fingerprint density at radius 1 is 1.58 bits per heavy atom. The first-order valence-electron chi connectivity index (χ1n) is 6.19. The zero-order valence-electron chi connectivity index (χ0n) is 10.4. The summed E-state index contributed by atoms with van der Waals surface area (Å²) in [5, 5.41) is 16.9. The van der Waals surface area contributed by atoms with Crippen molar-refractivity contribution in [2.45, 2.75) is 12.0 Å². The summed E-state index contributed by atoms with van der Waals surface area (Å²) >= 11 is 0. The molecule has 1 unspecified atom stereocenters. The van der Waals surface area contributed by atoms with E-state index in [1.54, 1.807) is 10.7 Å². The maximum atomic E-state index is 12.1. The fourth-order valence-electron chi connectivity index (χ4n) is 2.19. The number of ether oxygens (including phenoxy) is 1. The number of amides is 1. The second-order valence-corrected chi connectivity index (χ2v) is 4.80. The molecule has 0 bridgehead atoms. The van der Waals surface area contributed by atoms with Crippen LogP contribution < -0.4 is 5.32 Å². The molecule has 1 amide bonds. The van der Waals surface area contributed by atoms with Crippen molar-refractivity contribution >= 4 is 11.4 Å². The summed E-state index contributed by atoms with van der Waals surface area (Å²) in [6, 6.07) is 5.53. The number of pyridine rings is 1. The lowest BCUT2D eigenvalue weighted by molar-refractivity contribution is 0.0265. The first-order valence-corrected chi connectivity index (χ1v) is 6.19. The average molecular weight is 261 g/mol. The minimum atomic E-state index is -0.946. The normalized spacial score (nSPS) is 22.8. The summed E-state index contributed by atoms with van der Waals surface area (Å²) in [6.45, 7) is 0.987. The zero-order valence-corrected chi connectivity index (χ0v) is 10.4. The monoisotopic (exact) mass is 261 g/mol. The van der Waals surface area contributed by atoms with Gasteiger partial charge in [0.05, 0.1) is 23.9 Å². The second-order valence-electron chi connectivity index (χ2n) is 4.80. The van der Waals surface area contributed by atoms with Crippen LogP contribution in [0.1, 0.15) is 16.8 Å². The Hall–Kier alpha value is -1.92. The summed E-state index contributed by atoms with van der Waals surface area (Å²) in [5.41, 5.74) is 0.302. The largest absolute Gasteiger partial charge is 0.386 e. The molecular formula is C13H15N3O3. The zero-order chi connectivity index (χ0) is 13.3. The average Bonchev–Trinajstić information content (AvgIpc) is 3.03. The van der Waals surface area contributed by atoms with Crippen molar-refractivity contribution in [1.29, 1.82) is 0 Å². The number of aliphatic hydroxyl groups is 1. The molecule has 2 aromatic rings. The smallest absolute Gasteiger partial charge is 0.255 e. The van der Waals surface area contributed by atoms with Gasteiger partial charge in [-0.05, 0) is 12.1 Å². The molecule has 0 aromatic carbocycles. The van der Waals surface area contributed by atoms with Gasteiger partial charge in [0.25, 0.3) is 5.91 Å². The molecule has 1 saturated heterocycles. The molecule has 3 heterocycles. The van der Waals surface area contributed by atoms with Gasteiger partial charge >= 0.3 is 0 Å². The van der Waals surface area contributed by atoms with E-state index >= 15 is 0 Å². The Morgan fingerprint density at radius 2 is 2.47 bits per heavy atom. The Labute approximate surface area is 110 Å². The van der Waals surface area contributed by atoms with Gasteiger partial charge in [-0.3, -0.25) is 4.79 Å². The minimum Gasteiger partial charge on any atom is -0.386 e. The summed E-state index contributed by atoms with van der Waals surface area (Å²) in [4.78, 5) is 12.1. The van der Waals surface area contributed by atoms with Crippen molar-refractivity contribution < 1.29 is 14.6 Å². The van der Waals surface area contributed by atoms with Gasteiger partial charge in [-0.15, -0.1) is 0 Å². The molecule has 0 radical (unpaired) electrons. The summed E-state index contributed by atoms with van der Waals surface area (Å²) in [5.74, 6) is -0.235. The van der Waals surface area contributed by atoms with Gasteiger partial charge in [0.2, 0.25) is 0 Å². The van der Waals surface area contributed by atoms with Gasteiger partial charge in [0, 0.05) is 25.8 Å². The minimum absolute atomic E-state index is 0.190. The van der Waals surface area contributed by atoms with Crippen LogP contribution in [0.2, 0.25) is 0 Å². The molecule has 1 aliphatic rings. The van der Waals surface area contributed by atoms with Crippen LogP contribution in [0.25, 0.3) is 5.52 Å². The van der Waals surface area contributed by atoms with Crippen LogP contribution in [0.5, 0.6) is 0 Å². The molecule has 3 rings (SSSR count). The quantitative estimate of drug-likeness (QED) is 0.828. The molecule has 6 nitrogen and oxygen atoms in total. The van der Waals surface area contributed by atoms with Crippen LogP contribution in [0.15, 0.2) is 30.6 Å². The molecular weight excluding hydrogens is 246 g/mol. The lowest BCUT2D eigenvalue weighted by Gasteiger charge is -2.20. The Balaban J connectivity index is 1.73. The highest BCUT2D eigenvalue weighted by Gasteiger charge is 2.32. The molecule has 6 heteroatoms. The first kappa shape index (κ1) is 12.1. The van der Waals surface area contributed by atoms with E-state index < -0.39 is 5.60 Å². The maximum Gasteiger partial charge on any atom is 0.255 e. The topological polar surface area (TPSA) is 75.9 Å². The van der Waals surface area contributed by atoms with Crippen LogP contribution in [0, 0.1) is 0 Å². The van der Waals surface area contributed by atoms with E-state index in [2.05, 4.69) is 10.4 Å². The predicted octanol–water partition coefficient (Wildman–Crippen LogP) is 0.215. The summed E-state index contributed by atoms with van der Waals surface area (Å²) < 4.78 is 6.78. The van der Waals surface area contributed by atoms with Crippen LogP contribution in [0.3, 0.4) is 0 Å². The highest BCUT2D eigenvalue weighted by atomic mass is 16.5. The molecule has 2 aromatic heterocycles. The van der Waals surface area contributed by atoms with Crippen LogP contribution >= 0.6 is 0 Å². The standard InChI is InChI=1S/C13H15N3O3/c17-12(14-8-13(18)4-6-19-9-13)10-7-15-16-5-2-1-3-11(10)16/h1-3,5,7,18H,4,6,8-9H2,(H,14,17). The fraction of sp³-hybridized carbons (Fsp3) is 0.385. The van der Waals surface area contributed by atoms with Gasteiger partial charge in [-0.1, -0.05) is 6.07 Å². The van der Waals surface area contributed by atoms with Crippen molar-refractivity contribution in [3.05, 3.63) is 36.2 Å². The number of rotatable bonds is 3. The van der Waals surface area contributed by atoms with E-state index in [1.807, 2.05) is 18.2 Å². The molecule has 0 spiro atoms. The number of hydrogen-bond acceptors (Lipinski definition) is 4. The Morgan fingerprint density at radius 3 is 3.26 bits per heavy atom. The number of carbonyl (C=O) groups excluding carboxylic acids is 1. The molecule has 100 valence electrons. The van der Waals surface area contributed by atoms with Crippen LogP contribution in [-0.4, -0.2) is 46.0 Å². The SMILES string of the molecule is O=C(NCC1(O)CCOC1)c1cnn2ccccc12. The number of hydrogen-bond donors (Lipinski definition) is 2. The van der Waals surface area contributed by atoms with Crippen molar-refractivity contribution in [2.24, 2.45) is 0 Å². The third-order valence-corrected chi connectivity index (χ3v) is 3.33. The predicted molar refractivity (Wildman–Crippen MR) is 67.9 cm³/mol. The number of nitrogens with zero attached hydrogens (tertiary/aromatic N) is 2. The molecule has 1 atom stereocenters. The third kappa shape index (κ3) is 2.32. The lowest BCUT2D eigenvalue weighted by Crippen LogP contribution is -2.43. The summed E-state index contributed by atoms with van der Waals surface area (Å²) in [7, 11) is 0. The molecule has 19 heavy (non-hydrogen) atoms. The maximum absolute atomic E-state index is 12.1. The lowest BCUT2D eigenvalue weighted by atomic mass is 10.0. The highest BCUT2D eigenvalue weighted by molar-refractivity contribution is 6.00. The Bertz CT molecular complexity index is 602. The summed E-state index contributed by atoms with van der Waals surface area (Å²) in [6.07, 6.45) is 3.85. The van der Waals surface area contributed by atoms with E-state index in [-0.39, 0.29) is 19.1 Å². The van der Waals surface area contributed by atoms with Gasteiger partial charge in [0.15, 0.2) is 0 Å². The molecule has 0 aliphatic carbocycles. The number of carbonyl (C=O) groups is 1. The van der Waals surface area contributed by atoms with E-state index in [9.17, 15) is 9.90 Å². The van der Waals surface area contributed by atoms with Crippen molar-refractivity contribution in [3.8, 4) is 0 Å². The number of nitrogens with one attached hydrogen (secondary N) is 1.